The van der Waals surface area contributed by atoms with Crippen molar-refractivity contribution in [1.82, 2.24) is 14.4 Å². The van der Waals surface area contributed by atoms with Crippen molar-refractivity contribution in [1.29, 1.82) is 0 Å². The highest BCUT2D eigenvalue weighted by molar-refractivity contribution is 9.10. The topological polar surface area (TPSA) is 54.2 Å². The normalized spacial score (nSPS) is 10.8. The molecule has 0 atom stereocenters. The lowest BCUT2D eigenvalue weighted by molar-refractivity contribution is 1.09. The van der Waals surface area contributed by atoms with Crippen LogP contribution < -0.4 is 10.6 Å². The molecule has 2 aromatic heterocycles. The number of anilines is 3. The molecule has 0 radical (unpaired) electrons. The minimum Gasteiger partial charge on any atom is -0.369 e. The molecule has 0 aliphatic carbocycles. The van der Waals surface area contributed by atoms with Crippen LogP contribution in [-0.2, 0) is 0 Å². The Bertz CT molecular complexity index is 786. The summed E-state index contributed by atoms with van der Waals surface area (Å²) in [4.78, 5) is 8.87. The number of benzene rings is 1. The fourth-order valence-electron chi connectivity index (χ4n) is 2.00. The van der Waals surface area contributed by atoms with Gasteiger partial charge in [0.25, 0.3) is 0 Å². The van der Waals surface area contributed by atoms with Gasteiger partial charge in [-0.05, 0) is 25.1 Å². The molecule has 0 spiro atoms. The van der Waals surface area contributed by atoms with Gasteiger partial charge in [-0.25, -0.2) is 9.97 Å². The number of rotatable bonds is 4. The third-order valence-corrected chi connectivity index (χ3v) is 3.74. The second-order valence-corrected chi connectivity index (χ2v) is 5.74. The Morgan fingerprint density at radius 1 is 1.38 bits per heavy atom. The van der Waals surface area contributed by atoms with E-state index in [-0.39, 0.29) is 0 Å². The zero-order chi connectivity index (χ0) is 14.8. The standard InChI is InChI=1S/C14H13BrClN5/c1-2-17-12-8-21-6-5-18-14(21)13(20-12)19-11-7-9(15)3-4-10(11)16/h3-8,17H,2H2,1H3,(H,19,20). The van der Waals surface area contributed by atoms with Crippen LogP contribution in [0.25, 0.3) is 5.65 Å². The minimum atomic E-state index is 0.624. The number of halogens is 2. The number of imidazole rings is 1. The molecule has 7 heteroatoms. The van der Waals surface area contributed by atoms with Crippen molar-refractivity contribution in [2.75, 3.05) is 17.2 Å². The molecule has 21 heavy (non-hydrogen) atoms. The van der Waals surface area contributed by atoms with Gasteiger partial charge in [-0.2, -0.15) is 0 Å². The van der Waals surface area contributed by atoms with Crippen LogP contribution in [0, 0.1) is 0 Å². The first-order chi connectivity index (χ1) is 10.2. The lowest BCUT2D eigenvalue weighted by atomic mass is 10.3. The van der Waals surface area contributed by atoms with Crippen LogP contribution in [0.5, 0.6) is 0 Å². The van der Waals surface area contributed by atoms with Crippen LogP contribution in [0.1, 0.15) is 6.92 Å². The predicted molar refractivity (Wildman–Crippen MR) is 89.6 cm³/mol. The van der Waals surface area contributed by atoms with Crippen LogP contribution in [0.3, 0.4) is 0 Å². The van der Waals surface area contributed by atoms with Crippen LogP contribution >= 0.6 is 27.5 Å². The third kappa shape index (κ3) is 2.96. The van der Waals surface area contributed by atoms with Gasteiger partial charge in [-0.3, -0.25) is 0 Å². The highest BCUT2D eigenvalue weighted by Crippen LogP contribution is 2.29. The highest BCUT2D eigenvalue weighted by Gasteiger charge is 2.09. The quantitative estimate of drug-likeness (QED) is 0.722. The minimum absolute atomic E-state index is 0.624. The molecular formula is C14H13BrClN5. The van der Waals surface area contributed by atoms with Crippen molar-refractivity contribution in [2.45, 2.75) is 6.92 Å². The van der Waals surface area contributed by atoms with Crippen molar-refractivity contribution >= 4 is 50.5 Å². The molecule has 5 nitrogen and oxygen atoms in total. The Morgan fingerprint density at radius 2 is 2.24 bits per heavy atom. The average molecular weight is 367 g/mol. The molecular weight excluding hydrogens is 354 g/mol. The molecule has 0 saturated carbocycles. The van der Waals surface area contributed by atoms with Gasteiger partial charge in [0.05, 0.1) is 16.9 Å². The zero-order valence-corrected chi connectivity index (χ0v) is 13.6. The van der Waals surface area contributed by atoms with Gasteiger partial charge >= 0.3 is 0 Å². The van der Waals surface area contributed by atoms with E-state index in [9.17, 15) is 0 Å². The van der Waals surface area contributed by atoms with Gasteiger partial charge in [0, 0.05) is 23.4 Å². The van der Waals surface area contributed by atoms with E-state index in [0.717, 1.165) is 28.2 Å². The Kier molecular flexibility index (Phi) is 3.98. The number of nitrogens with one attached hydrogen (secondary N) is 2. The lowest BCUT2D eigenvalue weighted by Crippen LogP contribution is -2.05. The summed E-state index contributed by atoms with van der Waals surface area (Å²) in [5, 5.41) is 7.07. The molecule has 0 aliphatic rings. The third-order valence-electron chi connectivity index (χ3n) is 2.91. The van der Waals surface area contributed by atoms with Gasteiger partial charge in [0.1, 0.15) is 5.82 Å². The second kappa shape index (κ2) is 5.91. The van der Waals surface area contributed by atoms with Gasteiger partial charge < -0.3 is 15.0 Å². The summed E-state index contributed by atoms with van der Waals surface area (Å²) in [5.41, 5.74) is 1.52. The Labute approximate surface area is 135 Å². The summed E-state index contributed by atoms with van der Waals surface area (Å²) in [6.45, 7) is 2.82. The van der Waals surface area contributed by atoms with Crippen molar-refractivity contribution < 1.29 is 0 Å². The maximum absolute atomic E-state index is 6.22. The van der Waals surface area contributed by atoms with E-state index >= 15 is 0 Å². The number of hydrogen-bond donors (Lipinski definition) is 2. The Hall–Kier alpha value is -1.79. The first kappa shape index (κ1) is 14.2. The summed E-state index contributed by atoms with van der Waals surface area (Å²) in [6.07, 6.45) is 5.52. The SMILES string of the molecule is CCNc1cn2ccnc2c(Nc2cc(Br)ccc2Cl)n1. The molecule has 0 saturated heterocycles. The molecule has 2 N–H and O–H groups in total. The van der Waals surface area contributed by atoms with Gasteiger partial charge in [0.15, 0.2) is 11.5 Å². The van der Waals surface area contributed by atoms with E-state index in [2.05, 4.69) is 36.5 Å². The van der Waals surface area contributed by atoms with E-state index < -0.39 is 0 Å². The Balaban J connectivity index is 2.06. The summed E-state index contributed by atoms with van der Waals surface area (Å²) in [7, 11) is 0. The summed E-state index contributed by atoms with van der Waals surface area (Å²) in [6, 6.07) is 5.62. The maximum atomic E-state index is 6.22. The van der Waals surface area contributed by atoms with E-state index in [0.29, 0.717) is 10.8 Å². The molecule has 0 bridgehead atoms. The van der Waals surface area contributed by atoms with E-state index in [4.69, 9.17) is 11.6 Å². The van der Waals surface area contributed by atoms with Crippen LogP contribution in [0.15, 0.2) is 41.3 Å². The molecule has 3 aromatic rings. The smallest absolute Gasteiger partial charge is 0.180 e. The molecule has 3 rings (SSSR count). The molecule has 0 aliphatic heterocycles. The van der Waals surface area contributed by atoms with Gasteiger partial charge in [-0.1, -0.05) is 27.5 Å². The number of aromatic nitrogens is 3. The lowest BCUT2D eigenvalue weighted by Gasteiger charge is -2.11. The van der Waals surface area contributed by atoms with Gasteiger partial charge in [-0.15, -0.1) is 0 Å². The molecule has 1 aromatic carbocycles. The fourth-order valence-corrected chi connectivity index (χ4v) is 2.53. The first-order valence-corrected chi connectivity index (χ1v) is 7.64. The van der Waals surface area contributed by atoms with E-state index in [1.807, 2.05) is 41.9 Å². The van der Waals surface area contributed by atoms with Crippen molar-refractivity contribution in [3.63, 3.8) is 0 Å². The van der Waals surface area contributed by atoms with Crippen LogP contribution in [-0.4, -0.2) is 20.9 Å². The number of fused-ring (bicyclic) bond motifs is 1. The zero-order valence-electron chi connectivity index (χ0n) is 11.3. The summed E-state index contributed by atoms with van der Waals surface area (Å²) < 4.78 is 2.86. The van der Waals surface area contributed by atoms with E-state index in [1.54, 1.807) is 6.20 Å². The summed E-state index contributed by atoms with van der Waals surface area (Å²) in [5.74, 6) is 1.43. The highest BCUT2D eigenvalue weighted by atomic mass is 79.9. The first-order valence-electron chi connectivity index (χ1n) is 6.47. The predicted octanol–water partition coefficient (Wildman–Crippen LogP) is 4.32. The van der Waals surface area contributed by atoms with Crippen molar-refractivity contribution in [3.8, 4) is 0 Å². The van der Waals surface area contributed by atoms with Crippen molar-refractivity contribution in [2.24, 2.45) is 0 Å². The van der Waals surface area contributed by atoms with Gasteiger partial charge in [0.2, 0.25) is 0 Å². The second-order valence-electron chi connectivity index (χ2n) is 4.41. The molecule has 0 unspecified atom stereocenters. The van der Waals surface area contributed by atoms with Crippen LogP contribution in [0.4, 0.5) is 17.3 Å². The maximum Gasteiger partial charge on any atom is 0.180 e. The fraction of sp³-hybridized carbons (Fsp3) is 0.143. The Morgan fingerprint density at radius 3 is 3.05 bits per heavy atom. The summed E-state index contributed by atoms with van der Waals surface area (Å²) >= 11 is 9.66. The number of hydrogen-bond acceptors (Lipinski definition) is 4. The molecule has 2 heterocycles. The largest absolute Gasteiger partial charge is 0.369 e. The monoisotopic (exact) mass is 365 g/mol. The van der Waals surface area contributed by atoms with Crippen molar-refractivity contribution in [3.05, 3.63) is 46.3 Å². The number of nitrogens with zero attached hydrogens (tertiary/aromatic N) is 3. The molecule has 0 fully saturated rings. The molecule has 0 amide bonds. The van der Waals surface area contributed by atoms with Crippen LogP contribution in [0.2, 0.25) is 5.02 Å². The average Bonchev–Trinajstić information content (AvgIpc) is 2.92. The van der Waals surface area contributed by atoms with E-state index in [1.165, 1.54) is 0 Å². The molecule has 108 valence electrons.